The number of carbonyl (C=O) groups is 1. The maximum absolute atomic E-state index is 16.1. The van der Waals surface area contributed by atoms with Gasteiger partial charge in [0.2, 0.25) is 0 Å². The lowest BCUT2D eigenvalue weighted by Crippen LogP contribution is -2.39. The molecule has 1 unspecified atom stereocenters. The fourth-order valence-corrected chi connectivity index (χ4v) is 5.95. The number of hydrogen-bond acceptors (Lipinski definition) is 8. The molecule has 10 heteroatoms. The number of ether oxygens (including phenoxy) is 2. The molecule has 4 aromatic rings. The lowest BCUT2D eigenvalue weighted by molar-refractivity contribution is 0.0756. The van der Waals surface area contributed by atoms with Gasteiger partial charge < -0.3 is 24.3 Å². The highest BCUT2D eigenvalue weighted by Gasteiger charge is 2.43. The van der Waals surface area contributed by atoms with E-state index in [4.69, 9.17) is 13.9 Å². The number of phenols is 1. The number of fused-ring (bicyclic) bond motifs is 1. The molecule has 1 atom stereocenters. The molecule has 1 amide bonds. The fraction of sp³-hybridized carbons (Fsp3) is 0.290. The van der Waals surface area contributed by atoms with E-state index in [1.165, 1.54) is 17.0 Å². The Morgan fingerprint density at radius 3 is 2.80 bits per heavy atom. The van der Waals surface area contributed by atoms with Crippen molar-refractivity contribution in [2.45, 2.75) is 46.8 Å². The van der Waals surface area contributed by atoms with Crippen LogP contribution in [0.2, 0.25) is 0 Å². The minimum absolute atomic E-state index is 0.0538. The Bertz CT molecular complexity index is 1660. The molecule has 2 aromatic heterocycles. The van der Waals surface area contributed by atoms with Gasteiger partial charge in [-0.15, -0.1) is 0 Å². The Kier molecular flexibility index (Phi) is 6.73. The molecule has 2 aromatic carbocycles. The lowest BCUT2D eigenvalue weighted by Gasteiger charge is -2.37. The number of rotatable bonds is 5. The van der Waals surface area contributed by atoms with Crippen molar-refractivity contribution >= 4 is 28.6 Å². The van der Waals surface area contributed by atoms with Crippen molar-refractivity contribution in [1.82, 2.24) is 4.98 Å². The number of aryl methyl sites for hydroxylation is 2. The number of nitrogens with one attached hydrogen (secondary N) is 1. The molecule has 6 rings (SSSR count). The molecule has 41 heavy (non-hydrogen) atoms. The Labute approximate surface area is 241 Å². The van der Waals surface area contributed by atoms with Crippen molar-refractivity contribution in [3.8, 4) is 11.5 Å². The second-order valence-electron chi connectivity index (χ2n) is 11.1. The number of thiophene rings is 1. The Morgan fingerprint density at radius 1 is 1.27 bits per heavy atom. The third-order valence-electron chi connectivity index (χ3n) is 7.21. The van der Waals surface area contributed by atoms with E-state index in [-0.39, 0.29) is 22.4 Å². The second-order valence-corrected chi connectivity index (χ2v) is 11.9. The summed E-state index contributed by atoms with van der Waals surface area (Å²) in [7, 11) is 0. The Balaban J connectivity index is 1.52. The highest BCUT2D eigenvalue weighted by molar-refractivity contribution is 7.07. The first kappa shape index (κ1) is 26.9. The van der Waals surface area contributed by atoms with E-state index in [0.29, 0.717) is 59.9 Å². The fourth-order valence-electron chi connectivity index (χ4n) is 5.30. The van der Waals surface area contributed by atoms with Crippen LogP contribution in [0, 0.1) is 25.1 Å². The van der Waals surface area contributed by atoms with E-state index in [1.807, 2.05) is 16.8 Å². The number of nitrogens with zero attached hydrogens (tertiary/aromatic N) is 2. The molecule has 0 aliphatic carbocycles. The number of allylic oxidation sites excluding steroid dienone is 1. The topological polar surface area (TPSA) is 97.1 Å². The number of benzene rings is 2. The van der Waals surface area contributed by atoms with Crippen LogP contribution in [-0.4, -0.2) is 22.6 Å². The van der Waals surface area contributed by atoms with Gasteiger partial charge in [0, 0.05) is 24.0 Å². The number of anilines is 2. The number of hydrogen-bond donors (Lipinski definition) is 2. The van der Waals surface area contributed by atoms with Crippen molar-refractivity contribution in [2.24, 2.45) is 5.41 Å². The Hall–Kier alpha value is -4.31. The predicted octanol–water partition coefficient (Wildman–Crippen LogP) is 7.25. The highest BCUT2D eigenvalue weighted by Crippen LogP contribution is 2.50. The van der Waals surface area contributed by atoms with Gasteiger partial charge in [0.1, 0.15) is 47.2 Å². The van der Waals surface area contributed by atoms with Crippen LogP contribution in [0.15, 0.2) is 69.1 Å². The SMILES string of the molecule is Cc1nc(C(=O)N2c3cccc(O)c3NC3=C(OCC(C)(C)C3)C2c2ccc(OCc3ccsc3)cc2F)c(C)o1. The predicted molar refractivity (Wildman–Crippen MR) is 154 cm³/mol. The van der Waals surface area contributed by atoms with Gasteiger partial charge in [0.15, 0.2) is 11.6 Å². The second kappa shape index (κ2) is 10.3. The van der Waals surface area contributed by atoms with Crippen molar-refractivity contribution in [2.75, 3.05) is 16.8 Å². The molecule has 8 nitrogen and oxygen atoms in total. The van der Waals surface area contributed by atoms with Crippen molar-refractivity contribution in [1.29, 1.82) is 0 Å². The molecule has 2 aliphatic rings. The van der Waals surface area contributed by atoms with Crippen molar-refractivity contribution in [3.63, 3.8) is 0 Å². The Morgan fingerprint density at radius 2 is 2.10 bits per heavy atom. The first-order chi connectivity index (χ1) is 19.6. The zero-order valence-electron chi connectivity index (χ0n) is 23.2. The standard InChI is InChI=1S/C31H30FN3O5S/c1-17-26(33-18(2)40-17)30(37)35-24-6-5-7-25(36)27(24)34-23-13-31(3,4)16-39-29(23)28(35)21-9-8-20(12-22(21)32)38-14-19-10-11-41-15-19/h5-12,15,28,34,36H,13-14,16H2,1-4H3. The van der Waals surface area contributed by atoms with Crippen LogP contribution in [0.4, 0.5) is 15.8 Å². The van der Waals surface area contributed by atoms with Gasteiger partial charge in [-0.05, 0) is 60.0 Å². The van der Waals surface area contributed by atoms with Crippen molar-refractivity contribution in [3.05, 3.63) is 99.0 Å². The van der Waals surface area contributed by atoms with Gasteiger partial charge in [-0.2, -0.15) is 11.3 Å². The summed E-state index contributed by atoms with van der Waals surface area (Å²) < 4.78 is 33.9. The normalized spacial score (nSPS) is 17.7. The van der Waals surface area contributed by atoms with Crippen LogP contribution >= 0.6 is 11.3 Å². The summed E-state index contributed by atoms with van der Waals surface area (Å²) in [4.78, 5) is 20.1. The summed E-state index contributed by atoms with van der Waals surface area (Å²) >= 11 is 1.56. The summed E-state index contributed by atoms with van der Waals surface area (Å²) in [6.07, 6.45) is 0.556. The largest absolute Gasteiger partial charge is 0.506 e. The molecule has 0 saturated carbocycles. The molecule has 2 N–H and O–H groups in total. The van der Waals surface area contributed by atoms with Crippen LogP contribution < -0.4 is 15.0 Å². The first-order valence-electron chi connectivity index (χ1n) is 13.3. The van der Waals surface area contributed by atoms with E-state index in [1.54, 1.807) is 49.4 Å². The molecule has 0 bridgehead atoms. The van der Waals surface area contributed by atoms with Crippen LogP contribution in [0.5, 0.6) is 11.5 Å². The number of phenolic OH excluding ortho intramolecular Hbond substituents is 1. The average Bonchev–Trinajstić information content (AvgIpc) is 3.53. The molecule has 0 fully saturated rings. The van der Waals surface area contributed by atoms with Gasteiger partial charge >= 0.3 is 0 Å². The molecular formula is C31H30FN3O5S. The third-order valence-corrected chi connectivity index (χ3v) is 7.94. The molecule has 212 valence electrons. The van der Waals surface area contributed by atoms with Gasteiger partial charge in [0.05, 0.1) is 18.0 Å². The maximum atomic E-state index is 16.1. The average molecular weight is 576 g/mol. The number of aromatic nitrogens is 1. The molecule has 0 spiro atoms. The monoisotopic (exact) mass is 575 g/mol. The van der Waals surface area contributed by atoms with E-state index in [2.05, 4.69) is 24.1 Å². The molecular weight excluding hydrogens is 545 g/mol. The minimum Gasteiger partial charge on any atom is -0.506 e. The van der Waals surface area contributed by atoms with E-state index in [9.17, 15) is 9.90 Å². The number of carbonyl (C=O) groups excluding carboxylic acids is 1. The van der Waals surface area contributed by atoms with Crippen LogP contribution in [0.1, 0.15) is 59.6 Å². The molecule has 2 aliphatic heterocycles. The summed E-state index contributed by atoms with van der Waals surface area (Å²) in [5.74, 6) is 0.301. The lowest BCUT2D eigenvalue weighted by atomic mass is 9.85. The zero-order chi connectivity index (χ0) is 28.9. The molecule has 0 saturated heterocycles. The van der Waals surface area contributed by atoms with E-state index < -0.39 is 17.8 Å². The summed E-state index contributed by atoms with van der Waals surface area (Å²) in [6.45, 7) is 8.12. The maximum Gasteiger partial charge on any atom is 0.281 e. The van der Waals surface area contributed by atoms with E-state index in [0.717, 1.165) is 5.56 Å². The number of para-hydroxylation sites is 1. The number of halogens is 1. The van der Waals surface area contributed by atoms with Gasteiger partial charge in [0.25, 0.3) is 5.91 Å². The first-order valence-corrected chi connectivity index (χ1v) is 14.2. The van der Waals surface area contributed by atoms with Crippen LogP contribution in [-0.2, 0) is 11.3 Å². The summed E-state index contributed by atoms with van der Waals surface area (Å²) in [5.41, 5.74) is 2.41. The molecule has 0 radical (unpaired) electrons. The molecule has 4 heterocycles. The van der Waals surface area contributed by atoms with Crippen molar-refractivity contribution < 1.29 is 28.2 Å². The quantitative estimate of drug-likeness (QED) is 0.242. The summed E-state index contributed by atoms with van der Waals surface area (Å²) in [6, 6.07) is 10.5. The van der Waals surface area contributed by atoms with Crippen LogP contribution in [0.25, 0.3) is 0 Å². The third kappa shape index (κ3) is 5.04. The smallest absolute Gasteiger partial charge is 0.281 e. The zero-order valence-corrected chi connectivity index (χ0v) is 24.0. The number of aromatic hydroxyl groups is 1. The summed E-state index contributed by atoms with van der Waals surface area (Å²) in [5, 5.41) is 18.2. The van der Waals surface area contributed by atoms with Gasteiger partial charge in [-0.1, -0.05) is 19.9 Å². The van der Waals surface area contributed by atoms with E-state index >= 15 is 4.39 Å². The van der Waals surface area contributed by atoms with Crippen LogP contribution in [0.3, 0.4) is 0 Å². The minimum atomic E-state index is -1.01. The van der Waals surface area contributed by atoms with Gasteiger partial charge in [-0.25, -0.2) is 9.37 Å². The highest BCUT2D eigenvalue weighted by atomic mass is 32.1. The van der Waals surface area contributed by atoms with Gasteiger partial charge in [-0.3, -0.25) is 9.69 Å². The number of amides is 1. The number of oxazole rings is 1.